The molecule has 0 radical (unpaired) electrons. The zero-order chi connectivity index (χ0) is 15.5. The number of ether oxygens (including phenoxy) is 1. The summed E-state index contributed by atoms with van der Waals surface area (Å²) in [7, 11) is 0. The van der Waals surface area contributed by atoms with Crippen LogP contribution in [0.3, 0.4) is 0 Å². The number of aromatic nitrogens is 2. The van der Waals surface area contributed by atoms with Crippen LogP contribution in [0.4, 0.5) is 0 Å². The number of hydrogen-bond acceptors (Lipinski definition) is 6. The van der Waals surface area contributed by atoms with Gasteiger partial charge in [0.25, 0.3) is 0 Å². The molecule has 0 atom stereocenters. The van der Waals surface area contributed by atoms with Crippen molar-refractivity contribution in [3.8, 4) is 11.8 Å². The summed E-state index contributed by atoms with van der Waals surface area (Å²) in [5.41, 5.74) is 1.00. The monoisotopic (exact) mass is 295 g/mol. The van der Waals surface area contributed by atoms with Crippen molar-refractivity contribution in [2.75, 3.05) is 0 Å². The highest BCUT2D eigenvalue weighted by atomic mass is 16.5. The molecule has 0 bridgehead atoms. The van der Waals surface area contributed by atoms with E-state index in [2.05, 4.69) is 9.97 Å². The molecule has 0 aliphatic rings. The van der Waals surface area contributed by atoms with Crippen molar-refractivity contribution >= 4 is 17.2 Å². The second kappa shape index (κ2) is 5.54. The third-order valence-corrected chi connectivity index (χ3v) is 2.90. The van der Waals surface area contributed by atoms with Crippen LogP contribution >= 0.6 is 0 Å². The Morgan fingerprint density at radius 3 is 3.00 bits per heavy atom. The van der Waals surface area contributed by atoms with Gasteiger partial charge in [0.1, 0.15) is 11.8 Å². The van der Waals surface area contributed by atoms with Crippen LogP contribution in [0.1, 0.15) is 21.8 Å². The maximum absolute atomic E-state index is 10.9. The number of aromatic carboxylic acids is 1. The molecule has 108 valence electrons. The third kappa shape index (κ3) is 2.58. The Kier molecular flexibility index (Phi) is 3.42. The van der Waals surface area contributed by atoms with Gasteiger partial charge in [-0.15, -0.1) is 0 Å². The van der Waals surface area contributed by atoms with Gasteiger partial charge in [-0.1, -0.05) is 12.1 Å². The van der Waals surface area contributed by atoms with Gasteiger partial charge in [-0.05, 0) is 12.1 Å². The summed E-state index contributed by atoms with van der Waals surface area (Å²) in [6.07, 6.45) is 1.21. The Morgan fingerprint density at radius 2 is 2.23 bits per heavy atom. The number of nitrogens with zero attached hydrogens (tertiary/aromatic N) is 3. The molecule has 0 aliphatic heterocycles. The molecule has 3 rings (SSSR count). The van der Waals surface area contributed by atoms with E-state index in [1.54, 1.807) is 24.3 Å². The zero-order valence-electron chi connectivity index (χ0n) is 11.2. The molecular formula is C15H9N3O4. The van der Waals surface area contributed by atoms with Gasteiger partial charge in [0, 0.05) is 12.3 Å². The lowest BCUT2D eigenvalue weighted by molar-refractivity contribution is 0.0696. The molecule has 1 N–H and O–H groups in total. The number of hydrogen-bond donors (Lipinski definition) is 1. The molecule has 0 saturated heterocycles. The van der Waals surface area contributed by atoms with Crippen LogP contribution in [0, 0.1) is 11.3 Å². The summed E-state index contributed by atoms with van der Waals surface area (Å²) in [5.74, 6) is -0.421. The van der Waals surface area contributed by atoms with Gasteiger partial charge in [-0.2, -0.15) is 10.2 Å². The normalized spacial score (nSPS) is 10.3. The van der Waals surface area contributed by atoms with E-state index in [9.17, 15) is 4.79 Å². The molecule has 2 aromatic heterocycles. The highest BCUT2D eigenvalue weighted by Crippen LogP contribution is 2.20. The fourth-order valence-electron chi connectivity index (χ4n) is 1.87. The van der Waals surface area contributed by atoms with Crippen LogP contribution in [0.15, 0.2) is 40.9 Å². The fourth-order valence-corrected chi connectivity index (χ4v) is 1.87. The Bertz CT molecular complexity index is 895. The van der Waals surface area contributed by atoms with E-state index >= 15 is 0 Å². The van der Waals surface area contributed by atoms with E-state index in [0.717, 1.165) is 0 Å². The molecule has 22 heavy (non-hydrogen) atoms. The van der Waals surface area contributed by atoms with Crippen LogP contribution in [0.5, 0.6) is 5.75 Å². The van der Waals surface area contributed by atoms with Crippen molar-refractivity contribution in [1.82, 2.24) is 9.97 Å². The average molecular weight is 295 g/mol. The van der Waals surface area contributed by atoms with Crippen molar-refractivity contribution < 1.29 is 19.1 Å². The second-order valence-corrected chi connectivity index (χ2v) is 4.36. The van der Waals surface area contributed by atoms with Gasteiger partial charge >= 0.3 is 5.97 Å². The van der Waals surface area contributed by atoms with Gasteiger partial charge in [0.2, 0.25) is 5.89 Å². The summed E-state index contributed by atoms with van der Waals surface area (Å²) in [6.45, 7) is 0.0114. The molecular weight excluding hydrogens is 286 g/mol. The van der Waals surface area contributed by atoms with Gasteiger partial charge < -0.3 is 14.3 Å². The Morgan fingerprint density at radius 1 is 1.41 bits per heavy atom. The predicted octanol–water partition coefficient (Wildman–Crippen LogP) is 2.37. The quantitative estimate of drug-likeness (QED) is 0.786. The molecule has 7 heteroatoms. The van der Waals surface area contributed by atoms with Crippen molar-refractivity contribution in [2.45, 2.75) is 6.61 Å². The lowest BCUT2D eigenvalue weighted by Gasteiger charge is -2.04. The Hall–Kier alpha value is -3.40. The minimum absolute atomic E-state index is 0.0114. The van der Waals surface area contributed by atoms with Gasteiger partial charge in [-0.25, -0.2) is 9.78 Å². The van der Waals surface area contributed by atoms with Crippen LogP contribution in [-0.4, -0.2) is 21.0 Å². The average Bonchev–Trinajstić information content (AvgIpc) is 2.95. The number of pyridine rings is 1. The largest absolute Gasteiger partial charge is 0.482 e. The first-order valence-electron chi connectivity index (χ1n) is 6.28. The highest BCUT2D eigenvalue weighted by Gasteiger charge is 2.12. The minimum Gasteiger partial charge on any atom is -0.482 e. The van der Waals surface area contributed by atoms with Crippen LogP contribution in [0.2, 0.25) is 0 Å². The number of fused-ring (bicyclic) bond motifs is 1. The van der Waals surface area contributed by atoms with E-state index in [1.165, 1.54) is 12.3 Å². The number of nitriles is 1. The van der Waals surface area contributed by atoms with E-state index < -0.39 is 5.97 Å². The maximum Gasteiger partial charge on any atom is 0.337 e. The topological polar surface area (TPSA) is 109 Å². The number of carbonyl (C=O) groups is 1. The number of para-hydroxylation sites is 1. The SMILES string of the molecule is N#Cc1ccccc1OCc1nc2ncc(C(=O)O)cc2o1. The smallest absolute Gasteiger partial charge is 0.337 e. The highest BCUT2D eigenvalue weighted by molar-refractivity contribution is 5.90. The summed E-state index contributed by atoms with van der Waals surface area (Å²) >= 11 is 0. The Labute approximate surface area is 124 Å². The van der Waals surface area contributed by atoms with E-state index in [4.69, 9.17) is 19.5 Å². The van der Waals surface area contributed by atoms with Gasteiger partial charge in [-0.3, -0.25) is 0 Å². The van der Waals surface area contributed by atoms with Crippen molar-refractivity contribution in [3.05, 3.63) is 53.5 Å². The summed E-state index contributed by atoms with van der Waals surface area (Å²) in [6, 6.07) is 10.2. The molecule has 0 amide bonds. The predicted molar refractivity (Wildman–Crippen MR) is 74.3 cm³/mol. The summed E-state index contributed by atoms with van der Waals surface area (Å²) in [4.78, 5) is 18.9. The number of carboxylic acids is 1. The van der Waals surface area contributed by atoms with Crippen LogP contribution < -0.4 is 4.74 Å². The Balaban J connectivity index is 1.82. The minimum atomic E-state index is -1.09. The first kappa shape index (κ1) is 13.6. The van der Waals surface area contributed by atoms with E-state index in [0.29, 0.717) is 17.0 Å². The third-order valence-electron chi connectivity index (χ3n) is 2.90. The summed E-state index contributed by atoms with van der Waals surface area (Å²) < 4.78 is 10.9. The van der Waals surface area contributed by atoms with Crippen molar-refractivity contribution in [1.29, 1.82) is 5.26 Å². The molecule has 2 heterocycles. The molecule has 0 aliphatic carbocycles. The molecule has 0 unspecified atom stereocenters. The van der Waals surface area contributed by atoms with E-state index in [1.807, 2.05) is 6.07 Å². The molecule has 1 aromatic carbocycles. The number of rotatable bonds is 4. The molecule has 0 spiro atoms. The van der Waals surface area contributed by atoms with Crippen LogP contribution in [-0.2, 0) is 6.61 Å². The summed E-state index contributed by atoms with van der Waals surface area (Å²) in [5, 5.41) is 17.9. The zero-order valence-corrected chi connectivity index (χ0v) is 11.2. The van der Waals surface area contributed by atoms with E-state index in [-0.39, 0.29) is 23.6 Å². The molecule has 0 saturated carbocycles. The number of carboxylic acid groups (broad SMARTS) is 1. The van der Waals surface area contributed by atoms with Crippen molar-refractivity contribution in [3.63, 3.8) is 0 Å². The number of oxazole rings is 1. The molecule has 0 fully saturated rings. The van der Waals surface area contributed by atoms with Crippen LogP contribution in [0.25, 0.3) is 11.2 Å². The van der Waals surface area contributed by atoms with Gasteiger partial charge in [0.05, 0.1) is 11.1 Å². The van der Waals surface area contributed by atoms with Gasteiger partial charge in [0.15, 0.2) is 17.8 Å². The molecule has 3 aromatic rings. The second-order valence-electron chi connectivity index (χ2n) is 4.36. The first-order chi connectivity index (χ1) is 10.7. The first-order valence-corrected chi connectivity index (χ1v) is 6.28. The number of benzene rings is 1. The fraction of sp³-hybridized carbons (Fsp3) is 0.0667. The lowest BCUT2D eigenvalue weighted by atomic mass is 10.2. The lowest BCUT2D eigenvalue weighted by Crippen LogP contribution is -1.97. The standard InChI is InChI=1S/C15H9N3O4/c16-6-9-3-1-2-4-11(9)21-8-13-18-14-12(22-13)5-10(7-17-14)15(19)20/h1-5,7H,8H2,(H,19,20). The maximum atomic E-state index is 10.9. The molecule has 7 nitrogen and oxygen atoms in total. The van der Waals surface area contributed by atoms with Crippen molar-refractivity contribution in [2.24, 2.45) is 0 Å².